The fraction of sp³-hybridized carbons (Fsp3) is 0.857. The molecule has 2 unspecified atom stereocenters. The van der Waals surface area contributed by atoms with Crippen molar-refractivity contribution in [1.29, 1.82) is 0 Å². The van der Waals surface area contributed by atoms with E-state index in [0.29, 0.717) is 12.0 Å². The van der Waals surface area contributed by atoms with Gasteiger partial charge in [0.1, 0.15) is 5.82 Å². The summed E-state index contributed by atoms with van der Waals surface area (Å²) in [5.74, 6) is 2.52. The Morgan fingerprint density at radius 3 is 2.74 bits per heavy atom. The van der Waals surface area contributed by atoms with Crippen molar-refractivity contribution >= 4 is 0 Å². The van der Waals surface area contributed by atoms with Crippen LogP contribution in [0, 0.1) is 0 Å². The van der Waals surface area contributed by atoms with Gasteiger partial charge in [-0.3, -0.25) is 0 Å². The zero-order valence-corrected chi connectivity index (χ0v) is 12.0. The molecule has 2 atom stereocenters. The third-order valence-electron chi connectivity index (χ3n) is 4.48. The summed E-state index contributed by atoms with van der Waals surface area (Å²) in [6, 6.07) is 0.696. The van der Waals surface area contributed by atoms with E-state index < -0.39 is 0 Å². The van der Waals surface area contributed by atoms with Gasteiger partial charge in [-0.2, -0.15) is 5.10 Å². The van der Waals surface area contributed by atoms with Crippen LogP contribution in [0.15, 0.2) is 0 Å². The van der Waals surface area contributed by atoms with Gasteiger partial charge < -0.3 is 10.6 Å². The maximum absolute atomic E-state index is 6.13. The molecule has 5 nitrogen and oxygen atoms in total. The third kappa shape index (κ3) is 2.54. The predicted octanol–water partition coefficient (Wildman–Crippen LogP) is 1.66. The molecule has 5 heteroatoms. The van der Waals surface area contributed by atoms with Crippen LogP contribution in [0.1, 0.15) is 63.1 Å². The molecule has 1 aromatic heterocycles. The Balaban J connectivity index is 1.78. The number of hydrogen-bond acceptors (Lipinski definition) is 4. The lowest BCUT2D eigenvalue weighted by atomic mass is 9.96. The van der Waals surface area contributed by atoms with Gasteiger partial charge in [-0.05, 0) is 46.1 Å². The van der Waals surface area contributed by atoms with Gasteiger partial charge in [-0.25, -0.2) is 9.67 Å². The number of aromatic nitrogens is 3. The highest BCUT2D eigenvalue weighted by molar-refractivity contribution is 5.06. The second-order valence-electron chi connectivity index (χ2n) is 6.23. The predicted molar refractivity (Wildman–Crippen MR) is 74.9 cm³/mol. The normalized spacial score (nSPS) is 28.6. The highest BCUT2D eigenvalue weighted by atomic mass is 15.4. The fourth-order valence-electron chi connectivity index (χ4n) is 3.26. The minimum atomic E-state index is 0.0831. The van der Waals surface area contributed by atoms with Crippen molar-refractivity contribution in [2.24, 2.45) is 5.73 Å². The number of hydrogen-bond donors (Lipinski definition) is 1. The average Bonchev–Trinajstić information content (AvgIpc) is 2.84. The molecule has 0 spiro atoms. The lowest BCUT2D eigenvalue weighted by Crippen LogP contribution is -2.39. The first-order valence-electron chi connectivity index (χ1n) is 7.59. The Kier molecular flexibility index (Phi) is 3.58. The largest absolute Gasteiger partial charge is 0.321 e. The molecule has 1 saturated heterocycles. The molecule has 3 rings (SSSR count). The number of aryl methyl sites for hydroxylation is 1. The average molecular weight is 263 g/mol. The zero-order chi connectivity index (χ0) is 13.4. The maximum Gasteiger partial charge on any atom is 0.155 e. The van der Waals surface area contributed by atoms with E-state index in [-0.39, 0.29) is 6.04 Å². The molecular formula is C14H25N5. The summed E-state index contributed by atoms with van der Waals surface area (Å²) < 4.78 is 2.04. The summed E-state index contributed by atoms with van der Waals surface area (Å²) in [6.45, 7) is 7.82. The van der Waals surface area contributed by atoms with Gasteiger partial charge in [0.05, 0.1) is 6.04 Å². The van der Waals surface area contributed by atoms with Crippen molar-refractivity contribution < 1.29 is 0 Å². The van der Waals surface area contributed by atoms with E-state index in [4.69, 9.17) is 15.8 Å². The van der Waals surface area contributed by atoms with Crippen molar-refractivity contribution in [3.63, 3.8) is 0 Å². The molecule has 2 aliphatic heterocycles. The zero-order valence-electron chi connectivity index (χ0n) is 12.0. The molecule has 0 amide bonds. The van der Waals surface area contributed by atoms with Crippen LogP contribution < -0.4 is 5.73 Å². The van der Waals surface area contributed by atoms with Crippen LogP contribution in [-0.4, -0.2) is 38.8 Å². The van der Waals surface area contributed by atoms with E-state index in [1.165, 1.54) is 19.4 Å². The number of rotatable bonds is 2. The quantitative estimate of drug-likeness (QED) is 0.881. The summed E-state index contributed by atoms with van der Waals surface area (Å²) in [4.78, 5) is 7.29. The third-order valence-corrected chi connectivity index (χ3v) is 4.48. The molecule has 19 heavy (non-hydrogen) atoms. The molecule has 1 fully saturated rings. The van der Waals surface area contributed by atoms with Crippen LogP contribution in [-0.2, 0) is 6.54 Å². The Hall–Kier alpha value is -0.940. The van der Waals surface area contributed by atoms with Crippen molar-refractivity contribution in [2.75, 3.05) is 13.1 Å². The number of nitrogens with two attached hydrogens (primary N) is 1. The highest BCUT2D eigenvalue weighted by Crippen LogP contribution is 2.28. The monoisotopic (exact) mass is 263 g/mol. The van der Waals surface area contributed by atoms with E-state index in [1.54, 1.807) is 0 Å². The van der Waals surface area contributed by atoms with Crippen molar-refractivity contribution in [2.45, 2.75) is 64.1 Å². The molecular weight excluding hydrogens is 238 g/mol. The summed E-state index contributed by atoms with van der Waals surface area (Å²) in [6.07, 6.45) is 4.63. The van der Waals surface area contributed by atoms with Gasteiger partial charge in [-0.1, -0.05) is 0 Å². The lowest BCUT2D eigenvalue weighted by Gasteiger charge is -2.34. The number of piperidine rings is 1. The van der Waals surface area contributed by atoms with E-state index in [9.17, 15) is 0 Å². The highest BCUT2D eigenvalue weighted by Gasteiger charge is 2.28. The van der Waals surface area contributed by atoms with Crippen LogP contribution in [0.2, 0.25) is 0 Å². The molecule has 0 aliphatic carbocycles. The second kappa shape index (κ2) is 5.21. The first kappa shape index (κ1) is 13.1. The molecule has 0 saturated carbocycles. The molecule has 0 radical (unpaired) electrons. The minimum Gasteiger partial charge on any atom is -0.321 e. The topological polar surface area (TPSA) is 60.0 Å². The van der Waals surface area contributed by atoms with E-state index in [1.807, 2.05) is 4.68 Å². The van der Waals surface area contributed by atoms with Gasteiger partial charge in [-0.15, -0.1) is 0 Å². The van der Waals surface area contributed by atoms with E-state index in [0.717, 1.165) is 37.6 Å². The molecule has 3 heterocycles. The van der Waals surface area contributed by atoms with Crippen molar-refractivity contribution in [3.05, 3.63) is 11.6 Å². The Morgan fingerprint density at radius 1 is 1.21 bits per heavy atom. The molecule has 2 N–H and O–H groups in total. The van der Waals surface area contributed by atoms with E-state index in [2.05, 4.69) is 18.7 Å². The molecule has 2 aliphatic rings. The van der Waals surface area contributed by atoms with Gasteiger partial charge in [0.15, 0.2) is 5.82 Å². The Morgan fingerprint density at radius 2 is 2.00 bits per heavy atom. The van der Waals surface area contributed by atoms with Crippen molar-refractivity contribution in [1.82, 2.24) is 19.7 Å². The van der Waals surface area contributed by atoms with Crippen LogP contribution >= 0.6 is 0 Å². The van der Waals surface area contributed by atoms with Crippen LogP contribution in [0.5, 0.6) is 0 Å². The van der Waals surface area contributed by atoms with Gasteiger partial charge in [0, 0.05) is 25.0 Å². The standard InChI is InChI=1S/C14H25N5/c1-10(2)18-7-3-5-11(9-18)13-16-14-12(15)6-4-8-19(14)17-13/h10-12H,3-9,15H2,1-2H3. The molecule has 0 aromatic carbocycles. The summed E-state index contributed by atoms with van der Waals surface area (Å²) in [5.41, 5.74) is 6.13. The summed E-state index contributed by atoms with van der Waals surface area (Å²) in [5, 5.41) is 4.72. The van der Waals surface area contributed by atoms with Crippen LogP contribution in [0.4, 0.5) is 0 Å². The number of nitrogens with zero attached hydrogens (tertiary/aromatic N) is 4. The van der Waals surface area contributed by atoms with E-state index >= 15 is 0 Å². The van der Waals surface area contributed by atoms with Gasteiger partial charge in [0.25, 0.3) is 0 Å². The molecule has 0 bridgehead atoms. The van der Waals surface area contributed by atoms with Crippen LogP contribution in [0.25, 0.3) is 0 Å². The van der Waals surface area contributed by atoms with Crippen LogP contribution in [0.3, 0.4) is 0 Å². The number of fused-ring (bicyclic) bond motifs is 1. The fourth-order valence-corrected chi connectivity index (χ4v) is 3.26. The lowest BCUT2D eigenvalue weighted by molar-refractivity contribution is 0.164. The number of likely N-dealkylation sites (tertiary alicyclic amines) is 1. The SMILES string of the molecule is CC(C)N1CCCC(c2nc3n(n2)CCCC3N)C1. The first-order chi connectivity index (χ1) is 9.15. The smallest absolute Gasteiger partial charge is 0.155 e. The summed E-state index contributed by atoms with van der Waals surface area (Å²) in [7, 11) is 0. The van der Waals surface area contributed by atoms with Crippen molar-refractivity contribution in [3.8, 4) is 0 Å². The molecule has 106 valence electrons. The summed E-state index contributed by atoms with van der Waals surface area (Å²) >= 11 is 0. The minimum absolute atomic E-state index is 0.0831. The Labute approximate surface area is 115 Å². The first-order valence-corrected chi connectivity index (χ1v) is 7.59. The van der Waals surface area contributed by atoms with Gasteiger partial charge >= 0.3 is 0 Å². The Bertz CT molecular complexity index is 439. The second-order valence-corrected chi connectivity index (χ2v) is 6.23. The maximum atomic E-state index is 6.13. The van der Waals surface area contributed by atoms with Gasteiger partial charge in [0.2, 0.25) is 0 Å². The molecule has 1 aromatic rings.